The Labute approximate surface area is 113 Å². The van der Waals surface area contributed by atoms with E-state index >= 15 is 0 Å². The summed E-state index contributed by atoms with van der Waals surface area (Å²) < 4.78 is 0. The summed E-state index contributed by atoms with van der Waals surface area (Å²) in [6, 6.07) is 4.52. The van der Waals surface area contributed by atoms with E-state index in [1.54, 1.807) is 12.1 Å². The third-order valence-corrected chi connectivity index (χ3v) is 3.08. The Morgan fingerprint density at radius 1 is 1.21 bits per heavy atom. The van der Waals surface area contributed by atoms with Gasteiger partial charge in [0.2, 0.25) is 0 Å². The van der Waals surface area contributed by atoms with Crippen molar-refractivity contribution >= 4 is 11.9 Å². The zero-order valence-electron chi connectivity index (χ0n) is 11.9. The summed E-state index contributed by atoms with van der Waals surface area (Å²) in [5.41, 5.74) is 2.62. The first-order valence-electron chi connectivity index (χ1n) is 6.42. The molecule has 0 heterocycles. The SMILES string of the molecule is Cc1ccc(C(=O)N[C@H](CC(C)C)C(=O)O)cc1C. The Balaban J connectivity index is 2.81. The third-order valence-electron chi connectivity index (χ3n) is 3.08. The number of carboxylic acids is 1. The molecule has 1 aromatic rings. The molecule has 1 atom stereocenters. The predicted molar refractivity (Wildman–Crippen MR) is 74.3 cm³/mol. The summed E-state index contributed by atoms with van der Waals surface area (Å²) in [6.07, 6.45) is 0.423. The molecule has 0 saturated carbocycles. The number of aryl methyl sites for hydroxylation is 2. The van der Waals surface area contributed by atoms with Gasteiger partial charge in [-0.15, -0.1) is 0 Å². The number of carbonyl (C=O) groups is 2. The van der Waals surface area contributed by atoms with Crippen LogP contribution in [0.3, 0.4) is 0 Å². The Morgan fingerprint density at radius 2 is 1.84 bits per heavy atom. The number of benzene rings is 1. The van der Waals surface area contributed by atoms with Gasteiger partial charge in [0.1, 0.15) is 6.04 Å². The molecule has 4 heteroatoms. The molecule has 0 aliphatic carbocycles. The van der Waals surface area contributed by atoms with Crippen LogP contribution in [0, 0.1) is 19.8 Å². The fourth-order valence-corrected chi connectivity index (χ4v) is 1.82. The first-order chi connectivity index (χ1) is 8.81. The van der Waals surface area contributed by atoms with Gasteiger partial charge in [0, 0.05) is 5.56 Å². The number of hydrogen-bond acceptors (Lipinski definition) is 2. The quantitative estimate of drug-likeness (QED) is 0.858. The van der Waals surface area contributed by atoms with Crippen LogP contribution in [-0.2, 0) is 4.79 Å². The van der Waals surface area contributed by atoms with Crippen molar-refractivity contribution in [2.45, 2.75) is 40.2 Å². The Morgan fingerprint density at radius 3 is 2.32 bits per heavy atom. The largest absolute Gasteiger partial charge is 0.480 e. The number of carbonyl (C=O) groups excluding carboxylic acids is 1. The molecule has 4 nitrogen and oxygen atoms in total. The lowest BCUT2D eigenvalue weighted by Gasteiger charge is -2.16. The molecule has 0 saturated heterocycles. The van der Waals surface area contributed by atoms with Gasteiger partial charge in [-0.3, -0.25) is 4.79 Å². The van der Waals surface area contributed by atoms with Gasteiger partial charge in [0.05, 0.1) is 0 Å². The van der Waals surface area contributed by atoms with Gasteiger partial charge in [0.15, 0.2) is 0 Å². The van der Waals surface area contributed by atoms with Crippen LogP contribution in [0.15, 0.2) is 18.2 Å². The second-order valence-electron chi connectivity index (χ2n) is 5.29. The standard InChI is InChI=1S/C15H21NO3/c1-9(2)7-13(15(18)19)16-14(17)12-6-5-10(3)11(4)8-12/h5-6,8-9,13H,7H2,1-4H3,(H,16,17)(H,18,19)/t13-/m1/s1. The molecule has 0 spiro atoms. The van der Waals surface area contributed by atoms with E-state index in [0.717, 1.165) is 11.1 Å². The Bertz CT molecular complexity index is 480. The summed E-state index contributed by atoms with van der Waals surface area (Å²) >= 11 is 0. The van der Waals surface area contributed by atoms with Crippen molar-refractivity contribution < 1.29 is 14.7 Å². The van der Waals surface area contributed by atoms with Gasteiger partial charge in [0.25, 0.3) is 5.91 Å². The average Bonchev–Trinajstić information content (AvgIpc) is 2.31. The van der Waals surface area contributed by atoms with Crippen molar-refractivity contribution in [2.75, 3.05) is 0 Å². The van der Waals surface area contributed by atoms with Crippen molar-refractivity contribution in [2.24, 2.45) is 5.92 Å². The first-order valence-corrected chi connectivity index (χ1v) is 6.42. The molecular weight excluding hydrogens is 242 g/mol. The zero-order chi connectivity index (χ0) is 14.6. The van der Waals surface area contributed by atoms with Crippen molar-refractivity contribution in [3.63, 3.8) is 0 Å². The second-order valence-corrected chi connectivity index (χ2v) is 5.29. The maximum Gasteiger partial charge on any atom is 0.326 e. The lowest BCUT2D eigenvalue weighted by atomic mass is 10.0. The van der Waals surface area contributed by atoms with E-state index in [-0.39, 0.29) is 11.8 Å². The van der Waals surface area contributed by atoms with Crippen LogP contribution >= 0.6 is 0 Å². The molecule has 1 amide bonds. The van der Waals surface area contributed by atoms with E-state index in [1.165, 1.54) is 0 Å². The molecular formula is C15H21NO3. The maximum absolute atomic E-state index is 12.0. The van der Waals surface area contributed by atoms with E-state index in [2.05, 4.69) is 5.32 Å². The minimum atomic E-state index is -0.995. The monoisotopic (exact) mass is 263 g/mol. The third kappa shape index (κ3) is 4.39. The Kier molecular flexibility index (Phi) is 5.10. The smallest absolute Gasteiger partial charge is 0.326 e. The van der Waals surface area contributed by atoms with Crippen LogP contribution in [0.25, 0.3) is 0 Å². The minimum Gasteiger partial charge on any atom is -0.480 e. The number of hydrogen-bond donors (Lipinski definition) is 2. The van der Waals surface area contributed by atoms with E-state index in [9.17, 15) is 9.59 Å². The maximum atomic E-state index is 12.0. The van der Waals surface area contributed by atoms with E-state index in [4.69, 9.17) is 5.11 Å². The lowest BCUT2D eigenvalue weighted by molar-refractivity contribution is -0.139. The van der Waals surface area contributed by atoms with E-state index in [1.807, 2.05) is 33.8 Å². The number of nitrogens with one attached hydrogen (secondary N) is 1. The zero-order valence-corrected chi connectivity index (χ0v) is 11.9. The van der Waals surface area contributed by atoms with Gasteiger partial charge >= 0.3 is 5.97 Å². The Hall–Kier alpha value is -1.84. The molecule has 0 aromatic heterocycles. The molecule has 0 radical (unpaired) electrons. The summed E-state index contributed by atoms with van der Waals surface area (Å²) in [5.74, 6) is -1.12. The summed E-state index contributed by atoms with van der Waals surface area (Å²) in [6.45, 7) is 7.75. The van der Waals surface area contributed by atoms with Crippen LogP contribution in [0.2, 0.25) is 0 Å². The van der Waals surface area contributed by atoms with Crippen molar-refractivity contribution in [1.29, 1.82) is 0 Å². The van der Waals surface area contributed by atoms with Gasteiger partial charge in [-0.1, -0.05) is 19.9 Å². The van der Waals surface area contributed by atoms with Crippen LogP contribution in [0.4, 0.5) is 0 Å². The van der Waals surface area contributed by atoms with Crippen LogP contribution in [0.1, 0.15) is 41.8 Å². The number of aliphatic carboxylic acids is 1. The van der Waals surface area contributed by atoms with Gasteiger partial charge < -0.3 is 10.4 Å². The molecule has 19 heavy (non-hydrogen) atoms. The van der Waals surface area contributed by atoms with Crippen LogP contribution in [-0.4, -0.2) is 23.0 Å². The van der Waals surface area contributed by atoms with Gasteiger partial charge in [-0.2, -0.15) is 0 Å². The lowest BCUT2D eigenvalue weighted by Crippen LogP contribution is -2.41. The minimum absolute atomic E-state index is 0.209. The molecule has 2 N–H and O–H groups in total. The van der Waals surface area contributed by atoms with Crippen LogP contribution in [0.5, 0.6) is 0 Å². The molecule has 0 fully saturated rings. The van der Waals surface area contributed by atoms with Crippen molar-refractivity contribution in [1.82, 2.24) is 5.32 Å². The van der Waals surface area contributed by atoms with Crippen LogP contribution < -0.4 is 5.32 Å². The first kappa shape index (κ1) is 15.2. The molecule has 0 unspecified atom stereocenters. The predicted octanol–water partition coefficient (Wildman–Crippen LogP) is 2.53. The summed E-state index contributed by atoms with van der Waals surface area (Å²) in [5, 5.41) is 11.7. The van der Waals surface area contributed by atoms with Gasteiger partial charge in [-0.05, 0) is 49.4 Å². The molecule has 1 rings (SSSR count). The molecule has 1 aromatic carbocycles. The fraction of sp³-hybridized carbons (Fsp3) is 0.467. The number of carboxylic acid groups (broad SMARTS) is 1. The second kappa shape index (κ2) is 6.36. The topological polar surface area (TPSA) is 66.4 Å². The normalized spacial score (nSPS) is 12.3. The summed E-state index contributed by atoms with van der Waals surface area (Å²) in [4.78, 5) is 23.1. The highest BCUT2D eigenvalue weighted by Crippen LogP contribution is 2.11. The molecule has 0 aliphatic heterocycles. The number of amides is 1. The molecule has 0 aliphatic rings. The van der Waals surface area contributed by atoms with E-state index < -0.39 is 12.0 Å². The highest BCUT2D eigenvalue weighted by Gasteiger charge is 2.21. The van der Waals surface area contributed by atoms with Crippen molar-refractivity contribution in [3.05, 3.63) is 34.9 Å². The summed E-state index contributed by atoms with van der Waals surface area (Å²) in [7, 11) is 0. The van der Waals surface area contributed by atoms with Gasteiger partial charge in [-0.25, -0.2) is 4.79 Å². The van der Waals surface area contributed by atoms with Crippen molar-refractivity contribution in [3.8, 4) is 0 Å². The highest BCUT2D eigenvalue weighted by atomic mass is 16.4. The highest BCUT2D eigenvalue weighted by molar-refractivity contribution is 5.96. The fourth-order valence-electron chi connectivity index (χ4n) is 1.82. The molecule has 104 valence electrons. The van der Waals surface area contributed by atoms with E-state index in [0.29, 0.717) is 12.0 Å². The molecule has 0 bridgehead atoms. The average molecular weight is 263 g/mol. The number of rotatable bonds is 5.